The lowest BCUT2D eigenvalue weighted by Crippen LogP contribution is -1.88. The average Bonchev–Trinajstić information content (AvgIpc) is 2.34. The van der Waals surface area contributed by atoms with Crippen LogP contribution in [0.3, 0.4) is 0 Å². The zero-order valence-corrected chi connectivity index (χ0v) is 5.75. The maximum absolute atomic E-state index is 9.38. The van der Waals surface area contributed by atoms with Gasteiger partial charge in [0.1, 0.15) is 0 Å². The van der Waals surface area contributed by atoms with Crippen LogP contribution >= 0.6 is 0 Å². The molecule has 10 heavy (non-hydrogen) atoms. The van der Waals surface area contributed by atoms with Gasteiger partial charge in [0.05, 0.1) is 6.10 Å². The highest BCUT2D eigenvalue weighted by Gasteiger charge is 2.18. The summed E-state index contributed by atoms with van der Waals surface area (Å²) in [5.41, 5.74) is 2.44. The Hall–Kier alpha value is -0.820. The molecule has 1 aromatic rings. The minimum absolute atomic E-state index is 0.198. The minimum Gasteiger partial charge on any atom is -0.388 e. The SMILES string of the molecule is OC1CCc2ccccc21. The predicted molar refractivity (Wildman–Crippen MR) is 39.7 cm³/mol. The first kappa shape index (κ1) is 5.93. The van der Waals surface area contributed by atoms with Crippen LogP contribution in [0.25, 0.3) is 0 Å². The number of aliphatic hydroxyl groups is 1. The summed E-state index contributed by atoms with van der Waals surface area (Å²) in [6, 6.07) is 8.10. The maximum Gasteiger partial charge on any atom is 0.0795 e. The molecular formula is C9H10O. The van der Waals surface area contributed by atoms with E-state index in [1.165, 1.54) is 5.56 Å². The van der Waals surface area contributed by atoms with Gasteiger partial charge in [0.25, 0.3) is 0 Å². The second-order valence-electron chi connectivity index (χ2n) is 2.75. The summed E-state index contributed by atoms with van der Waals surface area (Å²) < 4.78 is 0. The molecule has 0 aromatic heterocycles. The van der Waals surface area contributed by atoms with E-state index in [1.54, 1.807) is 0 Å². The first-order chi connectivity index (χ1) is 4.88. The summed E-state index contributed by atoms with van der Waals surface area (Å²) in [7, 11) is 0. The molecule has 0 heterocycles. The third kappa shape index (κ3) is 0.745. The van der Waals surface area contributed by atoms with Crippen molar-refractivity contribution < 1.29 is 5.11 Å². The predicted octanol–water partition coefficient (Wildman–Crippen LogP) is 1.67. The molecule has 1 aromatic carbocycles. The van der Waals surface area contributed by atoms with E-state index in [4.69, 9.17) is 0 Å². The number of aliphatic hydroxyl groups excluding tert-OH is 1. The van der Waals surface area contributed by atoms with Crippen LogP contribution < -0.4 is 0 Å². The summed E-state index contributed by atoms with van der Waals surface area (Å²) in [6.07, 6.45) is 1.74. The number of benzene rings is 1. The van der Waals surface area contributed by atoms with Crippen LogP contribution in [-0.2, 0) is 6.42 Å². The van der Waals surface area contributed by atoms with E-state index in [-0.39, 0.29) is 6.10 Å². The molecule has 0 saturated heterocycles. The summed E-state index contributed by atoms with van der Waals surface area (Å²) in [6.45, 7) is 0. The fourth-order valence-corrected chi connectivity index (χ4v) is 1.53. The standard InChI is InChI=1S/C9H10O/c10-9-6-5-7-3-1-2-4-8(7)9/h1-4,9-10H,5-6H2. The van der Waals surface area contributed by atoms with Crippen LogP contribution in [0, 0.1) is 0 Å². The van der Waals surface area contributed by atoms with Gasteiger partial charge in [-0.15, -0.1) is 0 Å². The number of fused-ring (bicyclic) bond motifs is 1. The molecule has 0 aliphatic heterocycles. The Bertz CT molecular complexity index is 242. The Morgan fingerprint density at radius 2 is 2.10 bits per heavy atom. The number of rotatable bonds is 0. The van der Waals surface area contributed by atoms with Gasteiger partial charge in [0.2, 0.25) is 0 Å². The van der Waals surface area contributed by atoms with Gasteiger partial charge in [-0.25, -0.2) is 0 Å². The molecular weight excluding hydrogens is 124 g/mol. The van der Waals surface area contributed by atoms with Gasteiger partial charge in [-0.05, 0) is 24.0 Å². The average molecular weight is 134 g/mol. The molecule has 1 aliphatic rings. The Balaban J connectivity index is 2.51. The summed E-state index contributed by atoms with van der Waals surface area (Å²) in [4.78, 5) is 0. The molecule has 0 spiro atoms. The van der Waals surface area contributed by atoms with Crippen molar-refractivity contribution in [2.24, 2.45) is 0 Å². The topological polar surface area (TPSA) is 20.2 Å². The molecule has 52 valence electrons. The lowest BCUT2D eigenvalue weighted by atomic mass is 10.1. The zero-order valence-electron chi connectivity index (χ0n) is 5.75. The normalized spacial score (nSPS) is 22.7. The molecule has 0 saturated carbocycles. The molecule has 1 unspecified atom stereocenters. The van der Waals surface area contributed by atoms with Crippen molar-refractivity contribution in [1.82, 2.24) is 0 Å². The Morgan fingerprint density at radius 1 is 1.30 bits per heavy atom. The Labute approximate surface area is 60.3 Å². The molecule has 0 amide bonds. The van der Waals surface area contributed by atoms with Gasteiger partial charge >= 0.3 is 0 Å². The van der Waals surface area contributed by atoms with Crippen LogP contribution in [-0.4, -0.2) is 5.11 Å². The molecule has 0 radical (unpaired) electrons. The van der Waals surface area contributed by atoms with Crippen molar-refractivity contribution in [3.05, 3.63) is 35.4 Å². The highest BCUT2D eigenvalue weighted by atomic mass is 16.3. The molecule has 0 bridgehead atoms. The third-order valence-electron chi connectivity index (χ3n) is 2.10. The van der Waals surface area contributed by atoms with E-state index in [1.807, 2.05) is 18.2 Å². The lowest BCUT2D eigenvalue weighted by Gasteiger charge is -2.00. The summed E-state index contributed by atoms with van der Waals surface area (Å²) >= 11 is 0. The Morgan fingerprint density at radius 3 is 2.90 bits per heavy atom. The lowest BCUT2D eigenvalue weighted by molar-refractivity contribution is 0.180. The molecule has 1 heteroatoms. The van der Waals surface area contributed by atoms with Crippen molar-refractivity contribution in [2.45, 2.75) is 18.9 Å². The van der Waals surface area contributed by atoms with Crippen LogP contribution in [0.1, 0.15) is 23.7 Å². The first-order valence-corrected chi connectivity index (χ1v) is 3.64. The maximum atomic E-state index is 9.38. The van der Waals surface area contributed by atoms with E-state index in [2.05, 4.69) is 6.07 Å². The van der Waals surface area contributed by atoms with Crippen LogP contribution in [0.15, 0.2) is 24.3 Å². The molecule has 1 nitrogen and oxygen atoms in total. The van der Waals surface area contributed by atoms with Crippen LogP contribution in [0.2, 0.25) is 0 Å². The van der Waals surface area contributed by atoms with Crippen LogP contribution in [0.5, 0.6) is 0 Å². The van der Waals surface area contributed by atoms with E-state index in [0.29, 0.717) is 0 Å². The fraction of sp³-hybridized carbons (Fsp3) is 0.333. The van der Waals surface area contributed by atoms with Gasteiger partial charge < -0.3 is 5.11 Å². The number of aryl methyl sites for hydroxylation is 1. The van der Waals surface area contributed by atoms with Crippen molar-refractivity contribution in [3.63, 3.8) is 0 Å². The zero-order chi connectivity index (χ0) is 6.97. The largest absolute Gasteiger partial charge is 0.388 e. The number of hydrogen-bond acceptors (Lipinski definition) is 1. The first-order valence-electron chi connectivity index (χ1n) is 3.64. The van der Waals surface area contributed by atoms with E-state index in [0.717, 1.165) is 18.4 Å². The van der Waals surface area contributed by atoms with Crippen molar-refractivity contribution in [2.75, 3.05) is 0 Å². The van der Waals surface area contributed by atoms with E-state index >= 15 is 0 Å². The number of hydrogen-bond donors (Lipinski definition) is 1. The highest BCUT2D eigenvalue weighted by molar-refractivity contribution is 5.32. The van der Waals surface area contributed by atoms with Crippen molar-refractivity contribution in [3.8, 4) is 0 Å². The van der Waals surface area contributed by atoms with Gasteiger partial charge in [-0.3, -0.25) is 0 Å². The molecule has 1 atom stereocenters. The second-order valence-corrected chi connectivity index (χ2v) is 2.75. The minimum atomic E-state index is -0.198. The fourth-order valence-electron chi connectivity index (χ4n) is 1.53. The van der Waals surface area contributed by atoms with Gasteiger partial charge in [0, 0.05) is 0 Å². The van der Waals surface area contributed by atoms with Crippen molar-refractivity contribution >= 4 is 0 Å². The molecule has 1 N–H and O–H groups in total. The third-order valence-corrected chi connectivity index (χ3v) is 2.10. The quantitative estimate of drug-likeness (QED) is 0.572. The summed E-state index contributed by atoms with van der Waals surface area (Å²) in [5.74, 6) is 0. The van der Waals surface area contributed by atoms with Crippen LogP contribution in [0.4, 0.5) is 0 Å². The monoisotopic (exact) mass is 134 g/mol. The smallest absolute Gasteiger partial charge is 0.0795 e. The molecule has 0 fully saturated rings. The molecule has 2 rings (SSSR count). The second kappa shape index (κ2) is 2.10. The molecule has 1 aliphatic carbocycles. The van der Waals surface area contributed by atoms with E-state index in [9.17, 15) is 5.11 Å². The van der Waals surface area contributed by atoms with Gasteiger partial charge in [-0.2, -0.15) is 0 Å². The Kier molecular flexibility index (Phi) is 1.24. The van der Waals surface area contributed by atoms with Gasteiger partial charge in [0.15, 0.2) is 0 Å². The van der Waals surface area contributed by atoms with Crippen molar-refractivity contribution in [1.29, 1.82) is 0 Å². The van der Waals surface area contributed by atoms with E-state index < -0.39 is 0 Å². The highest BCUT2D eigenvalue weighted by Crippen LogP contribution is 2.29. The summed E-state index contributed by atoms with van der Waals surface area (Å²) in [5, 5.41) is 9.38. The van der Waals surface area contributed by atoms with Gasteiger partial charge in [-0.1, -0.05) is 24.3 Å².